The van der Waals surface area contributed by atoms with Crippen LogP contribution in [0.1, 0.15) is 38.7 Å². The Bertz CT molecular complexity index is 654. The van der Waals surface area contributed by atoms with Crippen LogP contribution >= 0.6 is 15.9 Å². The zero-order chi connectivity index (χ0) is 19.2. The van der Waals surface area contributed by atoms with Crippen molar-refractivity contribution in [2.24, 2.45) is 0 Å². The monoisotopic (exact) mass is 418 g/mol. The molecule has 0 aliphatic rings. The van der Waals surface area contributed by atoms with Gasteiger partial charge in [0.25, 0.3) is 0 Å². The number of benzene rings is 2. The number of carboxylic acid groups (broad SMARTS) is 1. The molecule has 2 rings (SSSR count). The maximum absolute atomic E-state index is 11.6. The Hall–Kier alpha value is -2.07. The predicted molar refractivity (Wildman–Crippen MR) is 112 cm³/mol. The van der Waals surface area contributed by atoms with Gasteiger partial charge in [-0.3, -0.25) is 0 Å². The number of allylic oxidation sites excluding steroid dienone is 1. The van der Waals surface area contributed by atoms with Gasteiger partial charge in [-0.25, -0.2) is 4.79 Å². The fourth-order valence-corrected chi connectivity index (χ4v) is 2.90. The highest BCUT2D eigenvalue weighted by atomic mass is 79.9. The molecular weight excluding hydrogens is 392 g/mol. The van der Waals surface area contributed by atoms with Crippen molar-refractivity contribution in [2.45, 2.75) is 33.1 Å². The third kappa shape index (κ3) is 7.87. The smallest absolute Gasteiger partial charge is 0.336 e. The van der Waals surface area contributed by atoms with Crippen LogP contribution in [0.15, 0.2) is 66.2 Å². The van der Waals surface area contributed by atoms with Gasteiger partial charge in [-0.1, -0.05) is 89.4 Å². The number of aliphatic carboxylic acids is 1. The quantitative estimate of drug-likeness (QED) is 0.315. The lowest BCUT2D eigenvalue weighted by atomic mass is 9.98. The number of hydrogen-bond donors (Lipinski definition) is 1. The lowest BCUT2D eigenvalue weighted by Crippen LogP contribution is -2.06. The Morgan fingerprint density at radius 3 is 2.12 bits per heavy atom. The minimum atomic E-state index is -0.907. The summed E-state index contributed by atoms with van der Waals surface area (Å²) >= 11 is 3.35. The number of alkyl halides is 1. The molecule has 0 saturated carbocycles. The topological polar surface area (TPSA) is 46.5 Å². The fraction of sp³-hybridized carbons (Fsp3) is 0.318. The third-order valence-corrected chi connectivity index (χ3v) is 4.09. The lowest BCUT2D eigenvalue weighted by Gasteiger charge is -2.14. The summed E-state index contributed by atoms with van der Waals surface area (Å²) in [4.78, 5) is 11.6. The SMILES string of the molecule is CCCCOc1ccccc1/C(C(=O)O)=C(/C)CCBr.c1ccccc1. The predicted octanol–water partition coefficient (Wildman–Crippen LogP) is 6.20. The van der Waals surface area contributed by atoms with Gasteiger partial charge in [-0.2, -0.15) is 0 Å². The molecule has 26 heavy (non-hydrogen) atoms. The van der Waals surface area contributed by atoms with E-state index < -0.39 is 5.97 Å². The average Bonchev–Trinajstić information content (AvgIpc) is 2.65. The van der Waals surface area contributed by atoms with Crippen molar-refractivity contribution >= 4 is 27.5 Å². The molecule has 2 aromatic carbocycles. The van der Waals surface area contributed by atoms with Crippen molar-refractivity contribution in [1.29, 1.82) is 0 Å². The second-order valence-corrected chi connectivity index (χ2v) is 6.55. The zero-order valence-corrected chi connectivity index (χ0v) is 17.0. The maximum Gasteiger partial charge on any atom is 0.336 e. The summed E-state index contributed by atoms with van der Waals surface area (Å²) in [5, 5.41) is 10.2. The van der Waals surface area contributed by atoms with Crippen molar-refractivity contribution in [3.05, 3.63) is 71.8 Å². The molecule has 0 amide bonds. The molecule has 0 spiro atoms. The second-order valence-electron chi connectivity index (χ2n) is 5.75. The Morgan fingerprint density at radius 1 is 1.04 bits per heavy atom. The van der Waals surface area contributed by atoms with Crippen molar-refractivity contribution < 1.29 is 14.6 Å². The Balaban J connectivity index is 0.000000472. The summed E-state index contributed by atoms with van der Waals surface area (Å²) < 4.78 is 5.73. The van der Waals surface area contributed by atoms with Crippen LogP contribution in [0.4, 0.5) is 0 Å². The lowest BCUT2D eigenvalue weighted by molar-refractivity contribution is -0.130. The van der Waals surface area contributed by atoms with Gasteiger partial charge in [0.2, 0.25) is 0 Å². The van der Waals surface area contributed by atoms with E-state index in [9.17, 15) is 9.90 Å². The second kappa shape index (κ2) is 13.2. The molecule has 0 bridgehead atoms. The van der Waals surface area contributed by atoms with Gasteiger partial charge >= 0.3 is 5.97 Å². The van der Waals surface area contributed by atoms with E-state index in [0.29, 0.717) is 29.9 Å². The van der Waals surface area contributed by atoms with Gasteiger partial charge in [0.05, 0.1) is 12.2 Å². The van der Waals surface area contributed by atoms with E-state index >= 15 is 0 Å². The number of para-hydroxylation sites is 1. The van der Waals surface area contributed by atoms with Gasteiger partial charge in [0.15, 0.2) is 0 Å². The Morgan fingerprint density at radius 2 is 1.62 bits per heavy atom. The Kier molecular flexibility index (Phi) is 11.1. The molecular formula is C22H27BrO3. The van der Waals surface area contributed by atoms with Gasteiger partial charge in [-0.15, -0.1) is 0 Å². The van der Waals surface area contributed by atoms with Crippen molar-refractivity contribution in [3.8, 4) is 5.75 Å². The van der Waals surface area contributed by atoms with Crippen LogP contribution in [0.2, 0.25) is 0 Å². The minimum absolute atomic E-state index is 0.344. The summed E-state index contributed by atoms with van der Waals surface area (Å²) in [7, 11) is 0. The van der Waals surface area contributed by atoms with Gasteiger partial charge < -0.3 is 9.84 Å². The van der Waals surface area contributed by atoms with Crippen LogP contribution in [-0.2, 0) is 4.79 Å². The van der Waals surface area contributed by atoms with Gasteiger partial charge in [0.1, 0.15) is 5.75 Å². The van der Waals surface area contributed by atoms with E-state index in [-0.39, 0.29) is 0 Å². The van der Waals surface area contributed by atoms with Crippen molar-refractivity contribution in [1.82, 2.24) is 0 Å². The van der Waals surface area contributed by atoms with Crippen LogP contribution in [-0.4, -0.2) is 23.0 Å². The molecule has 3 nitrogen and oxygen atoms in total. The highest BCUT2D eigenvalue weighted by Gasteiger charge is 2.18. The van der Waals surface area contributed by atoms with E-state index in [1.54, 1.807) is 0 Å². The number of hydrogen-bond acceptors (Lipinski definition) is 2. The first-order chi connectivity index (χ1) is 12.6. The molecule has 0 heterocycles. The molecule has 0 atom stereocenters. The molecule has 0 saturated heterocycles. The summed E-state index contributed by atoms with van der Waals surface area (Å²) in [6.07, 6.45) is 2.71. The molecule has 1 N–H and O–H groups in total. The first-order valence-electron chi connectivity index (χ1n) is 8.83. The fourth-order valence-electron chi connectivity index (χ4n) is 2.30. The minimum Gasteiger partial charge on any atom is -0.493 e. The zero-order valence-electron chi connectivity index (χ0n) is 15.5. The standard InChI is InChI=1S/C16H21BrO3.C6H6/c1-3-4-11-20-14-8-6-5-7-13(14)15(16(18)19)12(2)9-10-17;1-2-4-6-5-3-1/h5-8H,3-4,9-11H2,1-2H3,(H,18,19);1-6H/b15-12+;. The molecule has 0 aliphatic carbocycles. The Labute approximate surface area is 164 Å². The number of carboxylic acids is 1. The van der Waals surface area contributed by atoms with Crippen LogP contribution in [0.5, 0.6) is 5.75 Å². The highest BCUT2D eigenvalue weighted by Crippen LogP contribution is 2.30. The van der Waals surface area contributed by atoms with Crippen LogP contribution < -0.4 is 4.74 Å². The number of carbonyl (C=O) groups is 1. The largest absolute Gasteiger partial charge is 0.493 e. The molecule has 0 radical (unpaired) electrons. The summed E-state index contributed by atoms with van der Waals surface area (Å²) in [5.41, 5.74) is 1.85. The summed E-state index contributed by atoms with van der Waals surface area (Å²) in [6.45, 7) is 4.56. The van der Waals surface area contributed by atoms with E-state index in [0.717, 1.165) is 23.7 Å². The van der Waals surface area contributed by atoms with E-state index in [2.05, 4.69) is 22.9 Å². The number of halogens is 1. The molecule has 4 heteroatoms. The van der Waals surface area contributed by atoms with Crippen molar-refractivity contribution in [2.75, 3.05) is 11.9 Å². The van der Waals surface area contributed by atoms with Crippen LogP contribution in [0, 0.1) is 0 Å². The molecule has 2 aromatic rings. The summed E-state index contributed by atoms with van der Waals surface area (Å²) in [5.74, 6) is -0.262. The van der Waals surface area contributed by atoms with Crippen LogP contribution in [0.3, 0.4) is 0 Å². The van der Waals surface area contributed by atoms with E-state index in [4.69, 9.17) is 4.74 Å². The maximum atomic E-state index is 11.6. The number of ether oxygens (including phenoxy) is 1. The average molecular weight is 419 g/mol. The summed E-state index contributed by atoms with van der Waals surface area (Å²) in [6, 6.07) is 19.3. The van der Waals surface area contributed by atoms with Gasteiger partial charge in [-0.05, 0) is 25.8 Å². The first-order valence-corrected chi connectivity index (χ1v) is 9.95. The van der Waals surface area contributed by atoms with E-state index in [1.165, 1.54) is 0 Å². The molecule has 0 aliphatic heterocycles. The molecule has 0 aromatic heterocycles. The molecule has 0 unspecified atom stereocenters. The first kappa shape index (κ1) is 22.0. The van der Waals surface area contributed by atoms with E-state index in [1.807, 2.05) is 67.6 Å². The van der Waals surface area contributed by atoms with Crippen LogP contribution in [0.25, 0.3) is 5.57 Å². The number of rotatable bonds is 8. The van der Waals surface area contributed by atoms with Gasteiger partial charge in [0, 0.05) is 10.9 Å². The normalized spacial score (nSPS) is 11.0. The molecule has 140 valence electrons. The highest BCUT2D eigenvalue weighted by molar-refractivity contribution is 9.09. The number of unbranched alkanes of at least 4 members (excludes halogenated alkanes) is 1. The third-order valence-electron chi connectivity index (χ3n) is 3.69. The van der Waals surface area contributed by atoms with Crippen molar-refractivity contribution in [3.63, 3.8) is 0 Å². The molecule has 0 fully saturated rings.